The number of hydrogen-bond acceptors (Lipinski definition) is 3. The van der Waals surface area contributed by atoms with E-state index >= 15 is 0 Å². The maximum atomic E-state index is 11.3. The second-order valence-corrected chi connectivity index (χ2v) is 5.57. The van der Waals surface area contributed by atoms with Gasteiger partial charge in [0.15, 0.2) is 0 Å². The van der Waals surface area contributed by atoms with Gasteiger partial charge in [-0.2, -0.15) is 0 Å². The van der Waals surface area contributed by atoms with Crippen LogP contribution in [0.4, 0.5) is 0 Å². The first-order chi connectivity index (χ1) is 8.05. The lowest BCUT2D eigenvalue weighted by molar-refractivity contribution is 0.149. The molecule has 1 aromatic carbocycles. The van der Waals surface area contributed by atoms with E-state index in [4.69, 9.17) is 9.05 Å². The minimum Gasteiger partial charge on any atom is -0.302 e. The Hall–Kier alpha value is -0.670. The van der Waals surface area contributed by atoms with Crippen LogP contribution in [-0.2, 0) is 39.7 Å². The van der Waals surface area contributed by atoms with Crippen LogP contribution in [0.5, 0.6) is 0 Å². The van der Waals surface area contributed by atoms with E-state index in [0.29, 0.717) is 0 Å². The molecule has 2 rings (SSSR count). The van der Waals surface area contributed by atoms with Gasteiger partial charge in [0.05, 0.1) is 13.2 Å². The molecule has 4 nitrogen and oxygen atoms in total. The Kier molecular flexibility index (Phi) is 3.69. The summed E-state index contributed by atoms with van der Waals surface area (Å²) >= 11 is 0. The van der Waals surface area contributed by atoms with Gasteiger partial charge in [-0.3, -0.25) is 9.05 Å². The van der Waals surface area contributed by atoms with Crippen molar-refractivity contribution in [3.63, 3.8) is 0 Å². The molecule has 17 heavy (non-hydrogen) atoms. The van der Waals surface area contributed by atoms with Crippen LogP contribution < -0.4 is 0 Å². The van der Waals surface area contributed by atoms with Crippen molar-refractivity contribution in [3.8, 4) is 0 Å². The molecule has 0 bridgehead atoms. The Morgan fingerprint density at radius 1 is 1.12 bits per heavy atom. The van der Waals surface area contributed by atoms with Crippen LogP contribution >= 0.6 is 7.82 Å². The van der Waals surface area contributed by atoms with Crippen LogP contribution in [0.3, 0.4) is 0 Å². The first-order valence-corrected chi connectivity index (χ1v) is 7.30. The summed E-state index contributed by atoms with van der Waals surface area (Å²) in [6, 6.07) is 4.12. The monoisotopic (exact) mass is 256 g/mol. The van der Waals surface area contributed by atoms with Gasteiger partial charge in [0, 0.05) is 0 Å². The van der Waals surface area contributed by atoms with Crippen LogP contribution in [0, 0.1) is 0 Å². The molecule has 1 N–H and O–H groups in total. The number of hydrogen-bond donors (Lipinski definition) is 1. The van der Waals surface area contributed by atoms with E-state index in [-0.39, 0.29) is 13.2 Å². The van der Waals surface area contributed by atoms with Crippen molar-refractivity contribution in [2.75, 3.05) is 0 Å². The normalized spacial score (nSPS) is 18.5. The van der Waals surface area contributed by atoms with Crippen LogP contribution in [0.25, 0.3) is 0 Å². The molecule has 0 saturated carbocycles. The fourth-order valence-electron chi connectivity index (χ4n) is 2.06. The topological polar surface area (TPSA) is 55.8 Å². The summed E-state index contributed by atoms with van der Waals surface area (Å²) in [5.74, 6) is 0. The Labute approximate surface area is 101 Å². The van der Waals surface area contributed by atoms with Gasteiger partial charge in [0.25, 0.3) is 0 Å². The molecule has 0 spiro atoms. The Morgan fingerprint density at radius 2 is 1.53 bits per heavy atom. The number of benzene rings is 1. The molecule has 1 heterocycles. The summed E-state index contributed by atoms with van der Waals surface area (Å²) in [7, 11) is -3.86. The second-order valence-electron chi connectivity index (χ2n) is 4.11. The van der Waals surface area contributed by atoms with Crippen molar-refractivity contribution in [3.05, 3.63) is 34.4 Å². The molecule has 1 aliphatic rings. The highest BCUT2D eigenvalue weighted by atomic mass is 31.2. The summed E-state index contributed by atoms with van der Waals surface area (Å²) in [6.07, 6.45) is 1.90. The van der Waals surface area contributed by atoms with Gasteiger partial charge in [0.1, 0.15) is 0 Å². The molecular weight excluding hydrogens is 239 g/mol. The Bertz CT molecular complexity index is 431. The zero-order chi connectivity index (χ0) is 12.5. The predicted octanol–water partition coefficient (Wildman–Crippen LogP) is 2.96. The smallest absolute Gasteiger partial charge is 0.302 e. The van der Waals surface area contributed by atoms with Crippen molar-refractivity contribution >= 4 is 7.82 Å². The van der Waals surface area contributed by atoms with E-state index in [1.807, 2.05) is 0 Å². The molecule has 0 radical (unpaired) electrons. The largest absolute Gasteiger partial charge is 0.472 e. The molecule has 0 saturated heterocycles. The van der Waals surface area contributed by atoms with Crippen molar-refractivity contribution in [2.45, 2.75) is 39.9 Å². The lowest BCUT2D eigenvalue weighted by atomic mass is 9.96. The third kappa shape index (κ3) is 2.78. The van der Waals surface area contributed by atoms with Gasteiger partial charge >= 0.3 is 7.82 Å². The van der Waals surface area contributed by atoms with E-state index in [0.717, 1.165) is 24.0 Å². The van der Waals surface area contributed by atoms with Gasteiger partial charge in [-0.1, -0.05) is 26.0 Å². The lowest BCUT2D eigenvalue weighted by Gasteiger charge is -2.11. The predicted molar refractivity (Wildman–Crippen MR) is 64.6 cm³/mol. The van der Waals surface area contributed by atoms with Gasteiger partial charge in [-0.15, -0.1) is 0 Å². The van der Waals surface area contributed by atoms with Gasteiger partial charge in [-0.05, 0) is 35.1 Å². The molecule has 0 atom stereocenters. The highest BCUT2D eigenvalue weighted by Gasteiger charge is 2.26. The van der Waals surface area contributed by atoms with Crippen molar-refractivity contribution in [1.29, 1.82) is 0 Å². The number of fused-ring (bicyclic) bond motifs is 1. The van der Waals surface area contributed by atoms with Gasteiger partial charge in [0.2, 0.25) is 0 Å². The SMILES string of the molecule is CCc1cc2c(cc1CC)COP(=O)(O)OC2. The van der Waals surface area contributed by atoms with E-state index < -0.39 is 7.82 Å². The highest BCUT2D eigenvalue weighted by molar-refractivity contribution is 7.47. The van der Waals surface area contributed by atoms with E-state index in [2.05, 4.69) is 26.0 Å². The first-order valence-electron chi connectivity index (χ1n) is 5.81. The maximum Gasteiger partial charge on any atom is 0.472 e. The first kappa shape index (κ1) is 12.8. The number of aryl methyl sites for hydroxylation is 2. The summed E-state index contributed by atoms with van der Waals surface area (Å²) in [6.45, 7) is 4.48. The van der Waals surface area contributed by atoms with Gasteiger partial charge in [-0.25, -0.2) is 4.57 Å². The number of rotatable bonds is 2. The van der Waals surface area contributed by atoms with Crippen molar-refractivity contribution < 1.29 is 18.5 Å². The summed E-state index contributed by atoms with van der Waals surface area (Å²) < 4.78 is 21.1. The molecule has 0 aliphatic carbocycles. The van der Waals surface area contributed by atoms with Crippen LogP contribution in [0.15, 0.2) is 12.1 Å². The molecule has 0 unspecified atom stereocenters. The molecule has 5 heteroatoms. The molecule has 1 aromatic rings. The minimum atomic E-state index is -3.86. The highest BCUT2D eigenvalue weighted by Crippen LogP contribution is 2.47. The van der Waals surface area contributed by atoms with Crippen LogP contribution in [0.2, 0.25) is 0 Å². The van der Waals surface area contributed by atoms with E-state index in [1.165, 1.54) is 11.1 Å². The van der Waals surface area contributed by atoms with E-state index in [9.17, 15) is 9.46 Å². The summed E-state index contributed by atoms with van der Waals surface area (Å²) in [5.41, 5.74) is 4.44. The fraction of sp³-hybridized carbons (Fsp3) is 0.500. The average molecular weight is 256 g/mol. The third-order valence-electron chi connectivity index (χ3n) is 3.05. The molecule has 1 aliphatic heterocycles. The zero-order valence-electron chi connectivity index (χ0n) is 10.1. The maximum absolute atomic E-state index is 11.3. The van der Waals surface area contributed by atoms with Crippen LogP contribution in [0.1, 0.15) is 36.1 Å². The number of phosphoric ester groups is 1. The molecule has 0 aromatic heterocycles. The summed E-state index contributed by atoms with van der Waals surface area (Å²) in [4.78, 5) is 9.29. The van der Waals surface area contributed by atoms with Crippen molar-refractivity contribution in [2.24, 2.45) is 0 Å². The zero-order valence-corrected chi connectivity index (χ0v) is 11.0. The van der Waals surface area contributed by atoms with E-state index in [1.54, 1.807) is 0 Å². The molecule has 0 fully saturated rings. The van der Waals surface area contributed by atoms with Gasteiger partial charge < -0.3 is 4.89 Å². The average Bonchev–Trinajstić information content (AvgIpc) is 2.47. The standard InChI is InChI=1S/C12H17O4P/c1-3-9-5-11-7-15-17(13,14)16-8-12(11)6-10(9)4-2/h5-6H,3-4,7-8H2,1-2H3,(H,13,14). The number of phosphoric acid groups is 1. The van der Waals surface area contributed by atoms with Crippen LogP contribution in [-0.4, -0.2) is 4.89 Å². The minimum absolute atomic E-state index is 0.139. The molecule has 94 valence electrons. The quantitative estimate of drug-likeness (QED) is 0.826. The summed E-state index contributed by atoms with van der Waals surface area (Å²) in [5, 5.41) is 0. The second kappa shape index (κ2) is 4.91. The lowest BCUT2D eigenvalue weighted by Crippen LogP contribution is -1.99. The third-order valence-corrected chi connectivity index (χ3v) is 3.96. The Morgan fingerprint density at radius 3 is 1.88 bits per heavy atom. The molecular formula is C12H17O4P. The fourth-order valence-corrected chi connectivity index (χ4v) is 2.74. The Balaban J connectivity index is 2.40. The molecule has 0 amide bonds. The van der Waals surface area contributed by atoms with Crippen molar-refractivity contribution in [1.82, 2.24) is 0 Å².